The Morgan fingerprint density at radius 1 is 1.21 bits per heavy atom. The number of nitrogens with zero attached hydrogens (tertiary/aromatic N) is 1. The van der Waals surface area contributed by atoms with Crippen LogP contribution in [0.1, 0.15) is 12.5 Å². The van der Waals surface area contributed by atoms with Crippen LogP contribution in [0.3, 0.4) is 0 Å². The Hall–Kier alpha value is -1.43. The molecule has 0 N–H and O–H groups in total. The van der Waals surface area contributed by atoms with Gasteiger partial charge in [0, 0.05) is 6.42 Å². The summed E-state index contributed by atoms with van der Waals surface area (Å²) in [4.78, 5) is 12.7. The Labute approximate surface area is 109 Å². The highest BCUT2D eigenvalue weighted by molar-refractivity contribution is 5.82. The van der Waals surface area contributed by atoms with Crippen molar-refractivity contribution in [3.8, 4) is 0 Å². The van der Waals surface area contributed by atoms with Crippen LogP contribution >= 0.6 is 0 Å². The molecule has 2 nitrogen and oxygen atoms in total. The van der Waals surface area contributed by atoms with E-state index in [1.807, 2.05) is 0 Å². The maximum absolute atomic E-state index is 12.7. The molecule has 0 saturated heterocycles. The Kier molecular flexibility index (Phi) is 5.47. The lowest BCUT2D eigenvalue weighted by Crippen LogP contribution is -2.38. The number of hydrogen-bond acceptors (Lipinski definition) is 2. The van der Waals surface area contributed by atoms with Gasteiger partial charge in [-0.05, 0) is 24.2 Å². The Morgan fingerprint density at radius 3 is 2.26 bits per heavy atom. The number of Topliss-reactive ketones (excluding diaryl/α,β-unsaturated/α-hetero) is 1. The molecule has 1 aromatic rings. The first kappa shape index (κ1) is 15.6. The molecule has 0 heterocycles. The van der Waals surface area contributed by atoms with Crippen LogP contribution in [0.4, 0.5) is 17.6 Å². The van der Waals surface area contributed by atoms with Crippen molar-refractivity contribution >= 4 is 5.78 Å². The van der Waals surface area contributed by atoms with E-state index in [0.717, 1.165) is 4.90 Å². The second kappa shape index (κ2) is 6.65. The summed E-state index contributed by atoms with van der Waals surface area (Å²) in [5.41, 5.74) is 0.592. The van der Waals surface area contributed by atoms with Gasteiger partial charge in [0.2, 0.25) is 0 Å². The molecule has 1 rings (SSSR count). The molecule has 0 saturated carbocycles. The van der Waals surface area contributed by atoms with Gasteiger partial charge in [0.05, 0.1) is 13.1 Å². The summed E-state index contributed by atoms with van der Waals surface area (Å²) in [7, 11) is 0. The second-order valence-electron chi connectivity index (χ2n) is 4.26. The molecular weight excluding hydrogens is 262 g/mol. The molecule has 0 aliphatic heterocycles. The fraction of sp³-hybridized carbons (Fsp3) is 0.462. The first-order valence-electron chi connectivity index (χ1n) is 5.85. The summed E-state index contributed by atoms with van der Waals surface area (Å²) in [5.74, 6) is -0.735. The standard InChI is InChI=1S/C13H15F4NO/c1-2-18(9-13(15,16)17)8-12(19)7-10-3-5-11(14)6-4-10/h3-6H,2,7-9H2,1H3. The summed E-state index contributed by atoms with van der Waals surface area (Å²) in [6.07, 6.45) is -4.30. The van der Waals surface area contributed by atoms with Gasteiger partial charge in [0.15, 0.2) is 5.78 Å². The van der Waals surface area contributed by atoms with E-state index in [2.05, 4.69) is 0 Å². The van der Waals surface area contributed by atoms with Crippen molar-refractivity contribution in [1.82, 2.24) is 4.90 Å². The van der Waals surface area contributed by atoms with Crippen molar-refractivity contribution in [1.29, 1.82) is 0 Å². The van der Waals surface area contributed by atoms with Crippen molar-refractivity contribution < 1.29 is 22.4 Å². The van der Waals surface area contributed by atoms with Crippen molar-refractivity contribution in [2.45, 2.75) is 19.5 Å². The lowest BCUT2D eigenvalue weighted by molar-refractivity contribution is -0.147. The summed E-state index contributed by atoms with van der Waals surface area (Å²) in [6, 6.07) is 5.34. The number of rotatable bonds is 6. The van der Waals surface area contributed by atoms with E-state index in [0.29, 0.717) is 5.56 Å². The number of benzene rings is 1. The maximum atomic E-state index is 12.7. The van der Waals surface area contributed by atoms with E-state index < -0.39 is 18.5 Å². The first-order valence-corrected chi connectivity index (χ1v) is 5.85. The van der Waals surface area contributed by atoms with Gasteiger partial charge in [-0.1, -0.05) is 19.1 Å². The monoisotopic (exact) mass is 277 g/mol. The second-order valence-corrected chi connectivity index (χ2v) is 4.26. The number of ketones is 1. The SMILES string of the molecule is CCN(CC(=O)Cc1ccc(F)cc1)CC(F)(F)F. The van der Waals surface area contributed by atoms with Crippen LogP contribution in [-0.4, -0.2) is 36.5 Å². The topological polar surface area (TPSA) is 20.3 Å². The fourth-order valence-electron chi connectivity index (χ4n) is 1.67. The molecule has 0 aromatic heterocycles. The van der Waals surface area contributed by atoms with Crippen LogP contribution in [0.25, 0.3) is 0 Å². The normalized spacial score (nSPS) is 11.9. The van der Waals surface area contributed by atoms with Gasteiger partial charge in [0.25, 0.3) is 0 Å². The minimum Gasteiger partial charge on any atom is -0.298 e. The van der Waals surface area contributed by atoms with Gasteiger partial charge in [-0.25, -0.2) is 4.39 Å². The van der Waals surface area contributed by atoms with Gasteiger partial charge < -0.3 is 0 Å². The van der Waals surface area contributed by atoms with Crippen molar-refractivity contribution in [3.05, 3.63) is 35.6 Å². The number of carbonyl (C=O) groups is 1. The maximum Gasteiger partial charge on any atom is 0.401 e. The largest absolute Gasteiger partial charge is 0.401 e. The zero-order chi connectivity index (χ0) is 14.5. The average molecular weight is 277 g/mol. The zero-order valence-electron chi connectivity index (χ0n) is 10.5. The summed E-state index contributed by atoms with van der Waals surface area (Å²) >= 11 is 0. The molecule has 19 heavy (non-hydrogen) atoms. The number of halogens is 4. The van der Waals surface area contributed by atoms with Gasteiger partial charge in [0.1, 0.15) is 5.82 Å². The molecule has 0 aliphatic carbocycles. The van der Waals surface area contributed by atoms with Crippen LogP contribution in [-0.2, 0) is 11.2 Å². The summed E-state index contributed by atoms with van der Waals surface area (Å²) in [5, 5.41) is 0. The van der Waals surface area contributed by atoms with Gasteiger partial charge in [-0.15, -0.1) is 0 Å². The third-order valence-corrected chi connectivity index (χ3v) is 2.56. The third kappa shape index (κ3) is 6.33. The van der Waals surface area contributed by atoms with Crippen LogP contribution in [0.5, 0.6) is 0 Å². The molecule has 0 aliphatic rings. The number of alkyl halides is 3. The molecule has 0 radical (unpaired) electrons. The quantitative estimate of drug-likeness (QED) is 0.745. The number of likely N-dealkylation sites (N-methyl/N-ethyl adjacent to an activating group) is 1. The lowest BCUT2D eigenvalue weighted by atomic mass is 10.1. The summed E-state index contributed by atoms with van der Waals surface area (Å²) in [6.45, 7) is 0.359. The lowest BCUT2D eigenvalue weighted by Gasteiger charge is -2.20. The van der Waals surface area contributed by atoms with Crippen LogP contribution < -0.4 is 0 Å². The molecule has 6 heteroatoms. The predicted octanol–water partition coefficient (Wildman–Crippen LogP) is 2.82. The first-order chi connectivity index (χ1) is 8.80. The smallest absolute Gasteiger partial charge is 0.298 e. The van der Waals surface area contributed by atoms with Crippen LogP contribution in [0, 0.1) is 5.82 Å². The average Bonchev–Trinajstić information content (AvgIpc) is 2.29. The molecule has 106 valence electrons. The van der Waals surface area contributed by atoms with E-state index in [1.165, 1.54) is 24.3 Å². The van der Waals surface area contributed by atoms with Crippen molar-refractivity contribution in [2.75, 3.05) is 19.6 Å². The molecule has 0 amide bonds. The van der Waals surface area contributed by atoms with Crippen molar-refractivity contribution in [2.24, 2.45) is 0 Å². The van der Waals surface area contributed by atoms with Crippen LogP contribution in [0.15, 0.2) is 24.3 Å². The Balaban J connectivity index is 2.51. The van der Waals surface area contributed by atoms with E-state index in [4.69, 9.17) is 0 Å². The Morgan fingerprint density at radius 2 is 1.79 bits per heavy atom. The molecule has 0 unspecified atom stereocenters. The number of carbonyl (C=O) groups excluding carboxylic acids is 1. The highest BCUT2D eigenvalue weighted by Crippen LogP contribution is 2.16. The Bertz CT molecular complexity index is 414. The van der Waals surface area contributed by atoms with Crippen LogP contribution in [0.2, 0.25) is 0 Å². The minimum absolute atomic E-state index is 0.00857. The summed E-state index contributed by atoms with van der Waals surface area (Å²) < 4.78 is 49.3. The molecule has 0 atom stereocenters. The fourth-order valence-corrected chi connectivity index (χ4v) is 1.67. The van der Waals surface area contributed by atoms with Gasteiger partial charge >= 0.3 is 6.18 Å². The van der Waals surface area contributed by atoms with E-state index in [1.54, 1.807) is 6.92 Å². The molecule has 0 fully saturated rings. The molecular formula is C13H15F4NO. The molecule has 0 spiro atoms. The van der Waals surface area contributed by atoms with E-state index >= 15 is 0 Å². The van der Waals surface area contributed by atoms with Gasteiger partial charge in [-0.3, -0.25) is 9.69 Å². The minimum atomic E-state index is -4.31. The van der Waals surface area contributed by atoms with Gasteiger partial charge in [-0.2, -0.15) is 13.2 Å². The zero-order valence-corrected chi connectivity index (χ0v) is 10.5. The highest BCUT2D eigenvalue weighted by Gasteiger charge is 2.30. The molecule has 1 aromatic carbocycles. The predicted molar refractivity (Wildman–Crippen MR) is 63.3 cm³/mol. The number of hydrogen-bond donors (Lipinski definition) is 0. The van der Waals surface area contributed by atoms with E-state index in [9.17, 15) is 22.4 Å². The highest BCUT2D eigenvalue weighted by atomic mass is 19.4. The van der Waals surface area contributed by atoms with Crippen molar-refractivity contribution in [3.63, 3.8) is 0 Å². The molecule has 0 bridgehead atoms. The van der Waals surface area contributed by atoms with E-state index in [-0.39, 0.29) is 25.3 Å². The third-order valence-electron chi connectivity index (χ3n) is 2.56.